The fraction of sp³-hybridized carbons (Fsp3) is 0.933. The van der Waals surface area contributed by atoms with Gasteiger partial charge >= 0.3 is 0 Å². The van der Waals surface area contributed by atoms with Crippen molar-refractivity contribution in [3.63, 3.8) is 0 Å². The van der Waals surface area contributed by atoms with Crippen LogP contribution < -0.4 is 10.6 Å². The lowest BCUT2D eigenvalue weighted by Gasteiger charge is -2.21. The summed E-state index contributed by atoms with van der Waals surface area (Å²) in [7, 11) is 0. The zero-order valence-corrected chi connectivity index (χ0v) is 17.8. The Balaban J connectivity index is 0. The van der Waals surface area contributed by atoms with Gasteiger partial charge in [0.05, 0.1) is 6.54 Å². The Hall–Kier alpha value is 0.310. The Labute approximate surface area is 153 Å². The van der Waals surface area contributed by atoms with E-state index < -0.39 is 0 Å². The van der Waals surface area contributed by atoms with E-state index in [2.05, 4.69) is 61.4 Å². The Morgan fingerprint density at radius 3 is 2.24 bits per heavy atom. The lowest BCUT2D eigenvalue weighted by molar-refractivity contribution is 0.300. The maximum Gasteiger partial charge on any atom is 0.191 e. The molecule has 0 aromatic rings. The first-order valence-electron chi connectivity index (χ1n) is 7.78. The maximum absolute atomic E-state index is 4.67. The van der Waals surface area contributed by atoms with Crippen molar-refractivity contribution < 1.29 is 0 Å². The predicted molar refractivity (Wildman–Crippen MR) is 109 cm³/mol. The molecule has 0 fully saturated rings. The number of hydrogen-bond donors (Lipinski definition) is 2. The maximum atomic E-state index is 4.67. The van der Waals surface area contributed by atoms with Gasteiger partial charge in [-0.15, -0.1) is 24.0 Å². The van der Waals surface area contributed by atoms with E-state index in [4.69, 9.17) is 0 Å². The third kappa shape index (κ3) is 12.5. The zero-order valence-electron chi connectivity index (χ0n) is 14.7. The molecule has 0 saturated heterocycles. The Morgan fingerprint density at radius 1 is 1.14 bits per heavy atom. The smallest absolute Gasteiger partial charge is 0.191 e. The highest BCUT2D eigenvalue weighted by Gasteiger charge is 2.15. The summed E-state index contributed by atoms with van der Waals surface area (Å²) in [6, 6.07) is 0. The fourth-order valence-electron chi connectivity index (χ4n) is 1.73. The first-order valence-corrected chi connectivity index (χ1v) is 9.01. The molecule has 0 aromatic carbocycles. The molecular weight excluding hydrogens is 395 g/mol. The van der Waals surface area contributed by atoms with Crippen LogP contribution in [0.2, 0.25) is 0 Å². The summed E-state index contributed by atoms with van der Waals surface area (Å²) in [4.78, 5) is 7.12. The third-order valence-corrected chi connectivity index (χ3v) is 4.59. The van der Waals surface area contributed by atoms with Gasteiger partial charge in [-0.25, -0.2) is 0 Å². The molecule has 6 heteroatoms. The Morgan fingerprint density at radius 2 is 1.76 bits per heavy atom. The van der Waals surface area contributed by atoms with Gasteiger partial charge in [0.15, 0.2) is 5.96 Å². The average molecular weight is 430 g/mol. The largest absolute Gasteiger partial charge is 0.357 e. The lowest BCUT2D eigenvalue weighted by Crippen LogP contribution is -2.39. The summed E-state index contributed by atoms with van der Waals surface area (Å²) in [6.07, 6.45) is 3.29. The van der Waals surface area contributed by atoms with Crippen molar-refractivity contribution in [1.29, 1.82) is 0 Å². The first kappa shape index (κ1) is 23.6. The molecule has 0 radical (unpaired) electrons. The van der Waals surface area contributed by atoms with E-state index in [-0.39, 0.29) is 28.7 Å². The molecule has 0 aliphatic heterocycles. The van der Waals surface area contributed by atoms with Crippen molar-refractivity contribution in [2.75, 3.05) is 45.5 Å². The summed E-state index contributed by atoms with van der Waals surface area (Å²) in [5, 5.41) is 6.74. The van der Waals surface area contributed by atoms with E-state index in [1.54, 1.807) is 0 Å². The van der Waals surface area contributed by atoms with Crippen LogP contribution >= 0.6 is 35.7 Å². The van der Waals surface area contributed by atoms with Crippen LogP contribution in [0.5, 0.6) is 0 Å². The van der Waals surface area contributed by atoms with Gasteiger partial charge in [-0.05, 0) is 53.1 Å². The average Bonchev–Trinajstić information content (AvgIpc) is 2.45. The molecular formula is C15H35IN4S. The van der Waals surface area contributed by atoms with Gasteiger partial charge in [-0.2, -0.15) is 11.8 Å². The molecule has 0 saturated carbocycles. The number of guanidine groups is 1. The molecule has 0 aliphatic carbocycles. The molecule has 0 bridgehead atoms. The SMILES string of the molecule is CCNC(=NCC(C)(C)SC)NCCCN(CC)CC.I. The second-order valence-corrected chi connectivity index (χ2v) is 6.98. The van der Waals surface area contributed by atoms with E-state index in [1.165, 1.54) is 0 Å². The molecule has 2 N–H and O–H groups in total. The second-order valence-electron chi connectivity index (χ2n) is 5.47. The molecule has 21 heavy (non-hydrogen) atoms. The molecule has 0 atom stereocenters. The zero-order chi connectivity index (χ0) is 15.4. The molecule has 0 aliphatic rings. The van der Waals surface area contributed by atoms with Gasteiger partial charge < -0.3 is 15.5 Å². The Kier molecular flexibility index (Phi) is 15.6. The van der Waals surface area contributed by atoms with Crippen LogP contribution in [0, 0.1) is 0 Å². The standard InChI is InChI=1S/C15H34N4S.HI/c1-7-16-14(18-13-15(4,5)20-6)17-11-10-12-19(8-2)9-3;/h7-13H2,1-6H3,(H2,16,17,18);1H. The molecule has 4 nitrogen and oxygen atoms in total. The number of thioether (sulfide) groups is 1. The van der Waals surface area contributed by atoms with Crippen LogP contribution in [0.15, 0.2) is 4.99 Å². The van der Waals surface area contributed by atoms with E-state index in [1.807, 2.05) is 11.8 Å². The molecule has 0 rings (SSSR count). The van der Waals surface area contributed by atoms with Crippen molar-refractivity contribution in [3.8, 4) is 0 Å². The van der Waals surface area contributed by atoms with E-state index in [0.29, 0.717) is 0 Å². The van der Waals surface area contributed by atoms with Gasteiger partial charge in [-0.1, -0.05) is 13.8 Å². The van der Waals surface area contributed by atoms with Crippen LogP contribution in [0.4, 0.5) is 0 Å². The van der Waals surface area contributed by atoms with Gasteiger partial charge in [0, 0.05) is 17.8 Å². The summed E-state index contributed by atoms with van der Waals surface area (Å²) >= 11 is 1.86. The quantitative estimate of drug-likeness (QED) is 0.242. The summed E-state index contributed by atoms with van der Waals surface area (Å²) in [5.74, 6) is 0.939. The number of aliphatic imine (C=N–C) groups is 1. The van der Waals surface area contributed by atoms with Crippen molar-refractivity contribution >= 4 is 41.7 Å². The van der Waals surface area contributed by atoms with Crippen LogP contribution in [0.3, 0.4) is 0 Å². The van der Waals surface area contributed by atoms with Crippen molar-refractivity contribution in [3.05, 3.63) is 0 Å². The number of nitrogens with one attached hydrogen (secondary N) is 2. The highest BCUT2D eigenvalue weighted by Crippen LogP contribution is 2.20. The highest BCUT2D eigenvalue weighted by atomic mass is 127. The fourth-order valence-corrected chi connectivity index (χ4v) is 1.92. The molecule has 0 heterocycles. The van der Waals surface area contributed by atoms with E-state index in [9.17, 15) is 0 Å². The monoisotopic (exact) mass is 430 g/mol. The van der Waals surface area contributed by atoms with Crippen LogP contribution in [-0.2, 0) is 0 Å². The summed E-state index contributed by atoms with van der Waals surface area (Å²) < 4.78 is 0.198. The number of nitrogens with zero attached hydrogens (tertiary/aromatic N) is 2. The van der Waals surface area contributed by atoms with Gasteiger partial charge in [-0.3, -0.25) is 4.99 Å². The molecule has 0 unspecified atom stereocenters. The van der Waals surface area contributed by atoms with Crippen LogP contribution in [-0.4, -0.2) is 61.1 Å². The Bertz CT molecular complexity index is 268. The second kappa shape index (κ2) is 13.9. The number of hydrogen-bond acceptors (Lipinski definition) is 3. The van der Waals surface area contributed by atoms with Crippen molar-refractivity contribution in [2.24, 2.45) is 4.99 Å². The van der Waals surface area contributed by atoms with Gasteiger partial charge in [0.25, 0.3) is 0 Å². The van der Waals surface area contributed by atoms with Gasteiger partial charge in [0.1, 0.15) is 0 Å². The van der Waals surface area contributed by atoms with Crippen molar-refractivity contribution in [1.82, 2.24) is 15.5 Å². The van der Waals surface area contributed by atoms with E-state index >= 15 is 0 Å². The molecule has 0 aromatic heterocycles. The predicted octanol–water partition coefficient (Wildman–Crippen LogP) is 3.03. The molecule has 128 valence electrons. The minimum atomic E-state index is 0. The van der Waals surface area contributed by atoms with Crippen LogP contribution in [0.25, 0.3) is 0 Å². The first-order chi connectivity index (χ1) is 9.49. The number of halogens is 1. The van der Waals surface area contributed by atoms with Gasteiger partial charge in [0.2, 0.25) is 0 Å². The molecule has 0 amide bonds. The van der Waals surface area contributed by atoms with Crippen molar-refractivity contribution in [2.45, 2.75) is 45.8 Å². The molecule has 0 spiro atoms. The minimum absolute atomic E-state index is 0. The third-order valence-electron chi connectivity index (χ3n) is 3.35. The topological polar surface area (TPSA) is 39.7 Å². The number of rotatable bonds is 10. The van der Waals surface area contributed by atoms with E-state index in [0.717, 1.165) is 51.6 Å². The van der Waals surface area contributed by atoms with Crippen LogP contribution in [0.1, 0.15) is 41.0 Å². The minimum Gasteiger partial charge on any atom is -0.357 e. The normalized spacial score (nSPS) is 12.2. The summed E-state index contributed by atoms with van der Waals surface area (Å²) in [5.41, 5.74) is 0. The highest BCUT2D eigenvalue weighted by molar-refractivity contribution is 14.0. The lowest BCUT2D eigenvalue weighted by atomic mass is 10.2. The summed E-state index contributed by atoms with van der Waals surface area (Å²) in [6.45, 7) is 17.1.